The fraction of sp³-hybridized carbons (Fsp3) is 0.333. The van der Waals surface area contributed by atoms with Crippen LogP contribution in [0.5, 0.6) is 5.75 Å². The Kier molecular flexibility index (Phi) is 8.33. The SMILES string of the molecule is COc1ccccc1N1CCN(c2ccc(NC(=O)Nc3ccc(F)cc3F)cc2C(=O)N2CCCCC2)CC1. The van der Waals surface area contributed by atoms with Gasteiger partial charge in [-0.25, -0.2) is 13.6 Å². The Morgan fingerprint density at radius 2 is 1.48 bits per heavy atom. The van der Waals surface area contributed by atoms with Gasteiger partial charge in [-0.3, -0.25) is 4.79 Å². The quantitative estimate of drug-likeness (QED) is 0.421. The van der Waals surface area contributed by atoms with E-state index in [1.54, 1.807) is 19.2 Å². The molecule has 5 rings (SSSR count). The molecule has 3 amide bonds. The van der Waals surface area contributed by atoms with Gasteiger partial charge in [-0.05, 0) is 61.7 Å². The second kappa shape index (κ2) is 12.2. The minimum Gasteiger partial charge on any atom is -0.495 e. The molecule has 2 fully saturated rings. The van der Waals surface area contributed by atoms with Crippen LogP contribution in [0.4, 0.5) is 36.3 Å². The van der Waals surface area contributed by atoms with Crippen molar-refractivity contribution in [3.05, 3.63) is 77.9 Å². The minimum atomic E-state index is -0.876. The van der Waals surface area contributed by atoms with Crippen molar-refractivity contribution >= 4 is 34.7 Å². The molecule has 0 aliphatic carbocycles. The number of nitrogens with one attached hydrogen (secondary N) is 2. The van der Waals surface area contributed by atoms with E-state index in [2.05, 4.69) is 20.4 Å². The van der Waals surface area contributed by atoms with Crippen molar-refractivity contribution < 1.29 is 23.1 Å². The number of nitrogens with zero attached hydrogens (tertiary/aromatic N) is 3. The van der Waals surface area contributed by atoms with E-state index in [1.807, 2.05) is 35.2 Å². The molecule has 0 aromatic heterocycles. The third-order valence-corrected chi connectivity index (χ3v) is 7.35. The highest BCUT2D eigenvalue weighted by atomic mass is 19.1. The van der Waals surface area contributed by atoms with Crippen molar-refractivity contribution in [1.82, 2.24) is 4.90 Å². The van der Waals surface area contributed by atoms with Gasteiger partial charge in [0.05, 0.1) is 24.0 Å². The van der Waals surface area contributed by atoms with Crippen LogP contribution in [0.15, 0.2) is 60.7 Å². The average Bonchev–Trinajstić information content (AvgIpc) is 2.99. The largest absolute Gasteiger partial charge is 0.495 e. The van der Waals surface area contributed by atoms with Crippen molar-refractivity contribution in [2.75, 3.05) is 66.8 Å². The molecule has 2 aliphatic heterocycles. The minimum absolute atomic E-state index is 0.0736. The summed E-state index contributed by atoms with van der Waals surface area (Å²) in [6, 6.07) is 15.4. The Bertz CT molecular complexity index is 1370. The summed E-state index contributed by atoms with van der Waals surface area (Å²) in [6.07, 6.45) is 3.02. The normalized spacial score (nSPS) is 15.5. The predicted octanol–water partition coefficient (Wildman–Crippen LogP) is 5.57. The number of urea groups is 1. The highest BCUT2D eigenvalue weighted by Gasteiger charge is 2.27. The summed E-state index contributed by atoms with van der Waals surface area (Å²) < 4.78 is 32.8. The summed E-state index contributed by atoms with van der Waals surface area (Å²) in [5.41, 5.74) is 2.62. The monoisotopic (exact) mass is 549 g/mol. The van der Waals surface area contributed by atoms with Gasteiger partial charge in [0.2, 0.25) is 0 Å². The molecule has 8 nitrogen and oxygen atoms in total. The van der Waals surface area contributed by atoms with Crippen molar-refractivity contribution in [3.8, 4) is 5.75 Å². The summed E-state index contributed by atoms with van der Waals surface area (Å²) >= 11 is 0. The fourth-order valence-electron chi connectivity index (χ4n) is 5.28. The number of amides is 3. The Morgan fingerprint density at radius 1 is 0.775 bits per heavy atom. The molecule has 210 valence electrons. The number of carbonyl (C=O) groups excluding carboxylic acids is 2. The van der Waals surface area contributed by atoms with Crippen LogP contribution in [-0.2, 0) is 0 Å². The number of rotatable bonds is 6. The van der Waals surface area contributed by atoms with E-state index in [0.717, 1.165) is 61.6 Å². The summed E-state index contributed by atoms with van der Waals surface area (Å²) in [7, 11) is 1.67. The number of likely N-dealkylation sites (tertiary alicyclic amines) is 1. The molecule has 0 saturated carbocycles. The molecule has 2 N–H and O–H groups in total. The zero-order valence-corrected chi connectivity index (χ0v) is 22.5. The molecule has 3 aromatic rings. The maximum Gasteiger partial charge on any atom is 0.323 e. The summed E-state index contributed by atoms with van der Waals surface area (Å²) in [4.78, 5) is 32.6. The number of carbonyl (C=O) groups is 2. The first-order chi connectivity index (χ1) is 19.4. The van der Waals surface area contributed by atoms with E-state index in [4.69, 9.17) is 4.74 Å². The van der Waals surface area contributed by atoms with Crippen LogP contribution in [0.2, 0.25) is 0 Å². The van der Waals surface area contributed by atoms with E-state index in [1.165, 1.54) is 0 Å². The van der Waals surface area contributed by atoms with Crippen molar-refractivity contribution in [1.29, 1.82) is 0 Å². The molecule has 0 bridgehead atoms. The molecule has 0 spiro atoms. The lowest BCUT2D eigenvalue weighted by Crippen LogP contribution is -2.47. The lowest BCUT2D eigenvalue weighted by atomic mass is 10.1. The van der Waals surface area contributed by atoms with Crippen LogP contribution in [-0.4, -0.2) is 63.2 Å². The van der Waals surface area contributed by atoms with Gasteiger partial charge in [0.15, 0.2) is 0 Å². The number of benzene rings is 3. The van der Waals surface area contributed by atoms with Crippen LogP contribution in [0.1, 0.15) is 29.6 Å². The number of anilines is 4. The Hall–Kier alpha value is -4.34. The van der Waals surface area contributed by atoms with Crippen LogP contribution < -0.4 is 25.2 Å². The zero-order valence-electron chi connectivity index (χ0n) is 22.5. The molecule has 40 heavy (non-hydrogen) atoms. The second-order valence-electron chi connectivity index (χ2n) is 9.93. The molecule has 10 heteroatoms. The second-order valence-corrected chi connectivity index (χ2v) is 9.93. The number of halogens is 2. The summed E-state index contributed by atoms with van der Waals surface area (Å²) in [6.45, 7) is 4.31. The first kappa shape index (κ1) is 27.2. The molecule has 0 radical (unpaired) electrons. The molecule has 2 aliphatic rings. The first-order valence-electron chi connectivity index (χ1n) is 13.5. The molecule has 2 saturated heterocycles. The third-order valence-electron chi connectivity index (χ3n) is 7.35. The molecule has 0 unspecified atom stereocenters. The molecular formula is C30H33F2N5O3. The van der Waals surface area contributed by atoms with Crippen molar-refractivity contribution in [2.24, 2.45) is 0 Å². The molecule has 3 aromatic carbocycles. The summed E-state index contributed by atoms with van der Waals surface area (Å²) in [5, 5.41) is 5.07. The fourth-order valence-corrected chi connectivity index (χ4v) is 5.28. The Balaban J connectivity index is 1.35. The molecular weight excluding hydrogens is 516 g/mol. The van der Waals surface area contributed by atoms with Gasteiger partial charge in [-0.2, -0.15) is 0 Å². The van der Waals surface area contributed by atoms with E-state index >= 15 is 0 Å². The maximum absolute atomic E-state index is 14.0. The third kappa shape index (κ3) is 6.11. The van der Waals surface area contributed by atoms with E-state index in [9.17, 15) is 18.4 Å². The van der Waals surface area contributed by atoms with Gasteiger partial charge in [0, 0.05) is 56.7 Å². The van der Waals surface area contributed by atoms with Gasteiger partial charge in [0.25, 0.3) is 5.91 Å². The van der Waals surface area contributed by atoms with Crippen LogP contribution in [0.3, 0.4) is 0 Å². The number of piperidine rings is 1. The lowest BCUT2D eigenvalue weighted by Gasteiger charge is -2.39. The van der Waals surface area contributed by atoms with Crippen LogP contribution in [0, 0.1) is 11.6 Å². The Morgan fingerprint density at radius 3 is 2.17 bits per heavy atom. The standard InChI is InChI=1S/C30H33F2N5O3/c1-40-28-8-4-3-7-27(28)36-17-15-35(16-18-36)26-12-10-22(20-23(26)29(38)37-13-5-2-6-14-37)33-30(39)34-25-11-9-21(31)19-24(25)32/h3-4,7-12,19-20H,2,5-6,13-18H2,1H3,(H2,33,34,39). The number of piperazine rings is 1. The highest BCUT2D eigenvalue weighted by Crippen LogP contribution is 2.32. The first-order valence-corrected chi connectivity index (χ1v) is 13.5. The van der Waals surface area contributed by atoms with Gasteiger partial charge in [-0.1, -0.05) is 12.1 Å². The predicted molar refractivity (Wildman–Crippen MR) is 153 cm³/mol. The van der Waals surface area contributed by atoms with Gasteiger partial charge in [-0.15, -0.1) is 0 Å². The molecule has 2 heterocycles. The number of methoxy groups -OCH3 is 1. The maximum atomic E-state index is 14.0. The number of hydrogen-bond acceptors (Lipinski definition) is 5. The lowest BCUT2D eigenvalue weighted by molar-refractivity contribution is 0.0725. The van der Waals surface area contributed by atoms with E-state index in [-0.39, 0.29) is 11.6 Å². The zero-order chi connectivity index (χ0) is 28.1. The number of para-hydroxylation sites is 2. The average molecular weight is 550 g/mol. The van der Waals surface area contributed by atoms with Gasteiger partial charge in [0.1, 0.15) is 17.4 Å². The summed E-state index contributed by atoms with van der Waals surface area (Å²) in [5.74, 6) is -0.857. The molecule has 0 atom stereocenters. The smallest absolute Gasteiger partial charge is 0.323 e. The van der Waals surface area contributed by atoms with Gasteiger partial charge < -0.3 is 30.1 Å². The Labute approximate surface area is 232 Å². The number of ether oxygens (including phenoxy) is 1. The van der Waals surface area contributed by atoms with Crippen molar-refractivity contribution in [2.45, 2.75) is 19.3 Å². The number of hydrogen-bond donors (Lipinski definition) is 2. The van der Waals surface area contributed by atoms with Crippen LogP contribution >= 0.6 is 0 Å². The topological polar surface area (TPSA) is 77.1 Å². The van der Waals surface area contributed by atoms with Crippen LogP contribution in [0.25, 0.3) is 0 Å². The highest BCUT2D eigenvalue weighted by molar-refractivity contribution is 6.04. The van der Waals surface area contributed by atoms with E-state index in [0.29, 0.717) is 43.5 Å². The van der Waals surface area contributed by atoms with Crippen molar-refractivity contribution in [3.63, 3.8) is 0 Å². The van der Waals surface area contributed by atoms with E-state index < -0.39 is 17.7 Å². The van der Waals surface area contributed by atoms with Gasteiger partial charge >= 0.3 is 6.03 Å².